The van der Waals surface area contributed by atoms with Crippen LogP contribution >= 0.6 is 30.3 Å². The van der Waals surface area contributed by atoms with Crippen LogP contribution in [0.15, 0.2) is 36.5 Å². The molecule has 0 radical (unpaired) electrons. The highest BCUT2D eigenvalue weighted by Crippen LogP contribution is 2.40. The first kappa shape index (κ1) is 23.1. The van der Waals surface area contributed by atoms with Gasteiger partial charge in [-0.2, -0.15) is 18.4 Å². The van der Waals surface area contributed by atoms with Gasteiger partial charge in [-0.3, -0.25) is 8.77 Å². The van der Waals surface area contributed by atoms with Gasteiger partial charge in [0.2, 0.25) is 5.78 Å². The molecule has 0 amide bonds. The second kappa shape index (κ2) is 8.92. The van der Waals surface area contributed by atoms with E-state index in [0.29, 0.717) is 27.7 Å². The topological polar surface area (TPSA) is 74.5 Å². The summed E-state index contributed by atoms with van der Waals surface area (Å²) >= 11 is 2.02. The molecule has 0 aliphatic carbocycles. The Hall–Kier alpha value is -2.52. The standard InChI is InChI=1S/C19H10F3IN4OS.C2H6/c1-9-6-12(19(20,21)22)15(11-4-5-27(29-23)16(9)11)17(28)18-25-13-3-2-10(8-24)7-14(13)26-18;1-2/h2-7H,1H3,(H,25,26);1-2H3. The predicted molar refractivity (Wildman–Crippen MR) is 124 cm³/mol. The van der Waals surface area contributed by atoms with Crippen LogP contribution in [0.3, 0.4) is 0 Å². The normalized spacial score (nSPS) is 11.3. The number of H-pyrrole nitrogens is 1. The highest BCUT2D eigenvalue weighted by atomic mass is 127. The van der Waals surface area contributed by atoms with E-state index in [4.69, 9.17) is 5.26 Å². The Bertz CT molecular complexity index is 1330. The number of rotatable bonds is 3. The van der Waals surface area contributed by atoms with E-state index < -0.39 is 23.1 Å². The number of nitrogens with one attached hydrogen (secondary N) is 1. The molecule has 4 aromatic rings. The number of aryl methyl sites for hydroxylation is 1. The molecule has 10 heteroatoms. The molecule has 0 unspecified atom stereocenters. The minimum absolute atomic E-state index is 0.208. The number of ketones is 1. The number of nitriles is 1. The van der Waals surface area contributed by atoms with Crippen LogP contribution in [-0.2, 0) is 6.18 Å². The zero-order chi connectivity index (χ0) is 22.9. The van der Waals surface area contributed by atoms with Crippen LogP contribution in [0.5, 0.6) is 0 Å². The summed E-state index contributed by atoms with van der Waals surface area (Å²) in [5.74, 6) is -1.06. The Labute approximate surface area is 192 Å². The molecule has 1 N–H and O–H groups in total. The molecular weight excluding hydrogens is 540 g/mol. The van der Waals surface area contributed by atoms with Gasteiger partial charge in [0, 0.05) is 47.5 Å². The smallest absolute Gasteiger partial charge is 0.335 e. The molecule has 0 saturated carbocycles. The Morgan fingerprint density at radius 3 is 2.58 bits per heavy atom. The minimum atomic E-state index is -4.70. The van der Waals surface area contributed by atoms with E-state index in [-0.39, 0.29) is 11.2 Å². The minimum Gasteiger partial charge on any atom is -0.335 e. The number of aromatic nitrogens is 3. The molecule has 0 aliphatic rings. The monoisotopic (exact) mass is 556 g/mol. The van der Waals surface area contributed by atoms with Crippen molar-refractivity contribution in [3.05, 3.63) is 64.6 Å². The van der Waals surface area contributed by atoms with Crippen molar-refractivity contribution in [3.63, 3.8) is 0 Å². The number of imidazole rings is 1. The van der Waals surface area contributed by atoms with Crippen molar-refractivity contribution >= 4 is 58.0 Å². The molecule has 0 aliphatic heterocycles. The maximum atomic E-state index is 13.8. The largest absolute Gasteiger partial charge is 0.417 e. The number of carbonyl (C=O) groups excluding carboxylic acids is 1. The van der Waals surface area contributed by atoms with E-state index in [0.717, 1.165) is 6.07 Å². The van der Waals surface area contributed by atoms with Crippen molar-refractivity contribution in [1.29, 1.82) is 5.26 Å². The first-order valence-electron chi connectivity index (χ1n) is 9.20. The van der Waals surface area contributed by atoms with Gasteiger partial charge in [0.1, 0.15) is 0 Å². The molecule has 0 bridgehead atoms. The van der Waals surface area contributed by atoms with Gasteiger partial charge < -0.3 is 4.98 Å². The number of carbonyl (C=O) groups is 1. The number of fused-ring (bicyclic) bond motifs is 2. The number of hydrogen-bond acceptors (Lipinski definition) is 4. The Balaban J connectivity index is 0.00000132. The molecular formula is C21H16F3IN4OS. The molecule has 5 nitrogen and oxygen atoms in total. The quantitative estimate of drug-likeness (QED) is 0.222. The third-order valence-corrected chi connectivity index (χ3v) is 6.28. The molecule has 4 rings (SSSR count). The summed E-state index contributed by atoms with van der Waals surface area (Å²) in [7, 11) is 1.30. The second-order valence-corrected chi connectivity index (χ2v) is 8.06. The molecule has 31 heavy (non-hydrogen) atoms. The van der Waals surface area contributed by atoms with Crippen molar-refractivity contribution in [3.8, 4) is 6.07 Å². The number of aromatic amines is 1. The summed E-state index contributed by atoms with van der Waals surface area (Å²) in [4.78, 5) is 20.1. The second-order valence-electron chi connectivity index (χ2n) is 6.34. The number of alkyl halides is 3. The lowest BCUT2D eigenvalue weighted by molar-refractivity contribution is -0.137. The Kier molecular flexibility index (Phi) is 6.66. The molecule has 0 atom stereocenters. The average Bonchev–Trinajstić information content (AvgIpc) is 3.37. The van der Waals surface area contributed by atoms with Crippen molar-refractivity contribution in [2.75, 3.05) is 0 Å². The van der Waals surface area contributed by atoms with Crippen LogP contribution in [0.4, 0.5) is 13.2 Å². The van der Waals surface area contributed by atoms with Crippen molar-refractivity contribution in [2.45, 2.75) is 26.9 Å². The predicted octanol–water partition coefficient (Wildman–Crippen LogP) is 6.82. The van der Waals surface area contributed by atoms with E-state index in [9.17, 15) is 18.0 Å². The molecule has 0 saturated heterocycles. The lowest BCUT2D eigenvalue weighted by atomic mass is 9.95. The van der Waals surface area contributed by atoms with Crippen LogP contribution in [-0.4, -0.2) is 19.7 Å². The highest BCUT2D eigenvalue weighted by molar-refractivity contribution is 14.2. The van der Waals surface area contributed by atoms with Crippen LogP contribution < -0.4 is 0 Å². The average molecular weight is 556 g/mol. The van der Waals surface area contributed by atoms with E-state index in [1.54, 1.807) is 23.2 Å². The van der Waals surface area contributed by atoms with E-state index in [1.807, 2.05) is 41.1 Å². The van der Waals surface area contributed by atoms with E-state index in [2.05, 4.69) is 9.97 Å². The summed E-state index contributed by atoms with van der Waals surface area (Å²) in [6, 6.07) is 9.04. The first-order valence-corrected chi connectivity index (χ1v) is 12.5. The maximum absolute atomic E-state index is 13.8. The first-order chi connectivity index (χ1) is 14.7. The summed E-state index contributed by atoms with van der Waals surface area (Å²) in [5, 5.41) is 9.22. The molecule has 160 valence electrons. The lowest BCUT2D eigenvalue weighted by Crippen LogP contribution is -2.16. The number of benzene rings is 2. The fraction of sp³-hybridized carbons (Fsp3) is 0.190. The van der Waals surface area contributed by atoms with E-state index >= 15 is 0 Å². The lowest BCUT2D eigenvalue weighted by Gasteiger charge is -2.15. The van der Waals surface area contributed by atoms with Gasteiger partial charge >= 0.3 is 6.18 Å². The molecule has 2 aromatic carbocycles. The summed E-state index contributed by atoms with van der Waals surface area (Å²) in [6.45, 7) is 5.58. The van der Waals surface area contributed by atoms with Gasteiger partial charge in [0.25, 0.3) is 0 Å². The van der Waals surface area contributed by atoms with Gasteiger partial charge in [-0.25, -0.2) is 4.98 Å². The number of hydrogen-bond donors (Lipinski definition) is 1. The number of nitrogens with zero attached hydrogens (tertiary/aromatic N) is 3. The Morgan fingerprint density at radius 2 is 1.97 bits per heavy atom. The third kappa shape index (κ3) is 4.16. The molecule has 2 heterocycles. The van der Waals surface area contributed by atoms with Gasteiger partial charge in [-0.1, -0.05) is 13.8 Å². The SMILES string of the molecule is CC.Cc1cc(C(F)(F)F)c(C(=O)c2nc3ccc(C#N)cc3[nH]2)c2ccn(SI)c12. The van der Waals surface area contributed by atoms with Crippen LogP contribution in [0.2, 0.25) is 0 Å². The fourth-order valence-electron chi connectivity index (χ4n) is 3.34. The van der Waals surface area contributed by atoms with Crippen molar-refractivity contribution < 1.29 is 18.0 Å². The fourth-order valence-corrected chi connectivity index (χ4v) is 4.74. The van der Waals surface area contributed by atoms with Crippen molar-refractivity contribution in [2.24, 2.45) is 0 Å². The summed E-state index contributed by atoms with van der Waals surface area (Å²) < 4.78 is 43.1. The van der Waals surface area contributed by atoms with Crippen LogP contribution in [0.25, 0.3) is 21.9 Å². The zero-order valence-corrected chi connectivity index (χ0v) is 19.6. The summed E-state index contributed by atoms with van der Waals surface area (Å²) in [5.41, 5.74) is 0.674. The zero-order valence-electron chi connectivity index (χ0n) is 16.6. The van der Waals surface area contributed by atoms with Gasteiger partial charge in [0.15, 0.2) is 5.82 Å². The van der Waals surface area contributed by atoms with Crippen molar-refractivity contribution in [1.82, 2.24) is 13.9 Å². The highest BCUT2D eigenvalue weighted by Gasteiger charge is 2.38. The third-order valence-electron chi connectivity index (χ3n) is 4.56. The molecule has 0 spiro atoms. The van der Waals surface area contributed by atoms with Gasteiger partial charge in [-0.15, -0.1) is 0 Å². The van der Waals surface area contributed by atoms with E-state index in [1.165, 1.54) is 27.3 Å². The Morgan fingerprint density at radius 1 is 1.26 bits per heavy atom. The van der Waals surface area contributed by atoms with Gasteiger partial charge in [-0.05, 0) is 42.8 Å². The van der Waals surface area contributed by atoms with Crippen LogP contribution in [0, 0.1) is 18.3 Å². The molecule has 2 aromatic heterocycles. The number of halogens is 4. The van der Waals surface area contributed by atoms with Gasteiger partial charge in [0.05, 0.1) is 33.7 Å². The molecule has 0 fully saturated rings. The maximum Gasteiger partial charge on any atom is 0.417 e. The van der Waals surface area contributed by atoms with Crippen LogP contribution in [0.1, 0.15) is 46.7 Å². The summed E-state index contributed by atoms with van der Waals surface area (Å²) in [6.07, 6.45) is -3.08.